The highest BCUT2D eigenvalue weighted by atomic mass is 16.5. The molecule has 0 fully saturated rings. The van der Waals surface area contributed by atoms with E-state index in [0.29, 0.717) is 6.61 Å². The lowest BCUT2D eigenvalue weighted by Crippen LogP contribution is -2.29. The molecule has 3 nitrogen and oxygen atoms in total. The smallest absolute Gasteiger partial charge is 0.327 e. The molecule has 0 aromatic heterocycles. The molecule has 0 amide bonds. The summed E-state index contributed by atoms with van der Waals surface area (Å²) in [5.74, 6) is -0.198. The van der Waals surface area contributed by atoms with Crippen LogP contribution in [-0.4, -0.2) is 31.6 Å². The molecule has 0 heterocycles. The predicted molar refractivity (Wildman–Crippen MR) is 78.2 cm³/mol. The third kappa shape index (κ3) is 4.06. The van der Waals surface area contributed by atoms with Gasteiger partial charge in [-0.3, -0.25) is 4.90 Å². The summed E-state index contributed by atoms with van der Waals surface area (Å²) in [7, 11) is 3.78. The molecule has 1 atom stereocenters. The molecular formula is C16H25NO2. The molecule has 0 spiro atoms. The topological polar surface area (TPSA) is 29.5 Å². The predicted octanol–water partition coefficient (Wildman–Crippen LogP) is 3.15. The van der Waals surface area contributed by atoms with Gasteiger partial charge >= 0.3 is 5.97 Å². The van der Waals surface area contributed by atoms with E-state index in [-0.39, 0.29) is 17.4 Å². The van der Waals surface area contributed by atoms with Gasteiger partial charge in [-0.2, -0.15) is 0 Å². The van der Waals surface area contributed by atoms with Gasteiger partial charge in [0, 0.05) is 0 Å². The van der Waals surface area contributed by atoms with E-state index >= 15 is 0 Å². The number of hydrogen-bond acceptors (Lipinski definition) is 3. The fourth-order valence-electron chi connectivity index (χ4n) is 2.03. The van der Waals surface area contributed by atoms with Crippen molar-refractivity contribution in [3.8, 4) is 0 Å². The fourth-order valence-corrected chi connectivity index (χ4v) is 2.03. The summed E-state index contributed by atoms with van der Waals surface area (Å²) < 4.78 is 5.14. The Bertz CT molecular complexity index is 415. The molecule has 0 aliphatic carbocycles. The lowest BCUT2D eigenvalue weighted by atomic mass is 9.86. The maximum atomic E-state index is 12.0. The highest BCUT2D eigenvalue weighted by molar-refractivity contribution is 5.77. The second-order valence-corrected chi connectivity index (χ2v) is 5.99. The number of benzene rings is 1. The number of carbonyl (C=O) groups is 1. The average molecular weight is 263 g/mol. The summed E-state index contributed by atoms with van der Waals surface area (Å²) in [6, 6.07) is 7.87. The fraction of sp³-hybridized carbons (Fsp3) is 0.562. The van der Waals surface area contributed by atoms with Crippen molar-refractivity contribution >= 4 is 5.97 Å². The number of carbonyl (C=O) groups excluding carboxylic acids is 1. The molecule has 1 aromatic rings. The normalized spacial score (nSPS) is 13.4. The number of nitrogens with zero attached hydrogens (tertiary/aromatic N) is 1. The van der Waals surface area contributed by atoms with E-state index in [1.54, 1.807) is 0 Å². The molecule has 19 heavy (non-hydrogen) atoms. The maximum Gasteiger partial charge on any atom is 0.327 e. The van der Waals surface area contributed by atoms with Gasteiger partial charge in [0.15, 0.2) is 0 Å². The summed E-state index contributed by atoms with van der Waals surface area (Å²) >= 11 is 0. The van der Waals surface area contributed by atoms with Crippen LogP contribution >= 0.6 is 0 Å². The Labute approximate surface area is 116 Å². The highest BCUT2D eigenvalue weighted by Crippen LogP contribution is 2.26. The number of hydrogen-bond donors (Lipinski definition) is 0. The van der Waals surface area contributed by atoms with Crippen molar-refractivity contribution < 1.29 is 9.53 Å². The molecule has 1 unspecified atom stereocenters. The Balaban J connectivity index is 3.02. The highest BCUT2D eigenvalue weighted by Gasteiger charge is 2.24. The van der Waals surface area contributed by atoms with E-state index in [9.17, 15) is 4.79 Å². The van der Waals surface area contributed by atoms with Crippen LogP contribution in [0.5, 0.6) is 0 Å². The lowest BCUT2D eigenvalue weighted by molar-refractivity contribution is -0.148. The summed E-state index contributed by atoms with van der Waals surface area (Å²) in [4.78, 5) is 13.9. The Morgan fingerprint density at radius 3 is 2.11 bits per heavy atom. The average Bonchev–Trinajstić information content (AvgIpc) is 2.28. The van der Waals surface area contributed by atoms with Gasteiger partial charge in [0.2, 0.25) is 0 Å². The quantitative estimate of drug-likeness (QED) is 0.782. The minimum absolute atomic E-state index is 0.121. The summed E-state index contributed by atoms with van der Waals surface area (Å²) in [6.45, 7) is 8.76. The van der Waals surface area contributed by atoms with Gasteiger partial charge in [-0.1, -0.05) is 45.0 Å². The third-order valence-corrected chi connectivity index (χ3v) is 3.12. The van der Waals surface area contributed by atoms with Gasteiger partial charge in [-0.05, 0) is 37.6 Å². The zero-order valence-electron chi connectivity index (χ0n) is 12.9. The largest absolute Gasteiger partial charge is 0.465 e. The van der Waals surface area contributed by atoms with E-state index in [2.05, 4.69) is 32.9 Å². The molecule has 3 heteroatoms. The van der Waals surface area contributed by atoms with Gasteiger partial charge < -0.3 is 4.74 Å². The Morgan fingerprint density at radius 1 is 1.21 bits per heavy atom. The Hall–Kier alpha value is -1.35. The van der Waals surface area contributed by atoms with E-state index in [1.165, 1.54) is 5.56 Å². The van der Waals surface area contributed by atoms with E-state index in [0.717, 1.165) is 5.56 Å². The monoisotopic (exact) mass is 263 g/mol. The summed E-state index contributed by atoms with van der Waals surface area (Å²) in [5, 5.41) is 0. The van der Waals surface area contributed by atoms with Crippen LogP contribution in [0.1, 0.15) is 44.9 Å². The number of rotatable bonds is 4. The van der Waals surface area contributed by atoms with Crippen molar-refractivity contribution in [3.05, 3.63) is 35.4 Å². The zero-order chi connectivity index (χ0) is 14.6. The van der Waals surface area contributed by atoms with Crippen molar-refractivity contribution in [2.75, 3.05) is 20.7 Å². The number of ether oxygens (including phenoxy) is 1. The summed E-state index contributed by atoms with van der Waals surface area (Å²) in [5.41, 5.74) is 2.35. The van der Waals surface area contributed by atoms with Gasteiger partial charge in [0.25, 0.3) is 0 Å². The van der Waals surface area contributed by atoms with Crippen molar-refractivity contribution in [3.63, 3.8) is 0 Å². The van der Waals surface area contributed by atoms with Gasteiger partial charge in [0.05, 0.1) is 6.61 Å². The summed E-state index contributed by atoms with van der Waals surface area (Å²) in [6.07, 6.45) is 0. The molecule has 0 saturated carbocycles. The SMILES string of the molecule is CCOC(=O)C(c1ccc(C(C)(C)C)cc1)N(C)C. The molecule has 1 aromatic carbocycles. The van der Waals surface area contributed by atoms with E-state index < -0.39 is 0 Å². The van der Waals surface area contributed by atoms with Gasteiger partial charge in [0.1, 0.15) is 6.04 Å². The minimum atomic E-state index is -0.339. The minimum Gasteiger partial charge on any atom is -0.465 e. The third-order valence-electron chi connectivity index (χ3n) is 3.12. The number of esters is 1. The van der Waals surface area contributed by atoms with Crippen molar-refractivity contribution in [1.82, 2.24) is 4.90 Å². The van der Waals surface area contributed by atoms with E-state index in [1.807, 2.05) is 38.1 Å². The standard InChI is InChI=1S/C16H25NO2/c1-7-19-15(18)14(17(5)6)12-8-10-13(11-9-12)16(2,3)4/h8-11,14H,7H2,1-6H3. The molecule has 0 saturated heterocycles. The molecule has 0 N–H and O–H groups in total. The number of likely N-dealkylation sites (N-methyl/N-ethyl adjacent to an activating group) is 1. The van der Waals surface area contributed by atoms with E-state index in [4.69, 9.17) is 4.74 Å². The first kappa shape index (κ1) is 15.7. The first-order chi connectivity index (χ1) is 8.77. The molecule has 0 radical (unpaired) electrons. The maximum absolute atomic E-state index is 12.0. The van der Waals surface area contributed by atoms with Gasteiger partial charge in [-0.25, -0.2) is 4.79 Å². The molecular weight excluding hydrogens is 238 g/mol. The molecule has 0 aliphatic heterocycles. The van der Waals surface area contributed by atoms with Crippen LogP contribution in [0.4, 0.5) is 0 Å². The molecule has 0 aliphatic rings. The van der Waals surface area contributed by atoms with Crippen LogP contribution in [0.2, 0.25) is 0 Å². The van der Waals surface area contributed by atoms with Crippen molar-refractivity contribution in [2.45, 2.75) is 39.2 Å². The van der Waals surface area contributed by atoms with Gasteiger partial charge in [-0.15, -0.1) is 0 Å². The van der Waals surface area contributed by atoms with Crippen LogP contribution in [-0.2, 0) is 14.9 Å². The Kier molecular flexibility index (Phi) is 5.12. The van der Waals surface area contributed by atoms with Crippen molar-refractivity contribution in [1.29, 1.82) is 0 Å². The van der Waals surface area contributed by atoms with Crippen LogP contribution in [0, 0.1) is 0 Å². The van der Waals surface area contributed by atoms with Crippen LogP contribution in [0.15, 0.2) is 24.3 Å². The second kappa shape index (κ2) is 6.20. The zero-order valence-corrected chi connectivity index (χ0v) is 12.9. The second-order valence-electron chi connectivity index (χ2n) is 5.99. The lowest BCUT2D eigenvalue weighted by Gasteiger charge is -2.24. The molecule has 106 valence electrons. The van der Waals surface area contributed by atoms with Crippen LogP contribution in [0.25, 0.3) is 0 Å². The molecule has 0 bridgehead atoms. The van der Waals surface area contributed by atoms with Crippen LogP contribution in [0.3, 0.4) is 0 Å². The Morgan fingerprint density at radius 2 is 1.74 bits per heavy atom. The van der Waals surface area contributed by atoms with Crippen LogP contribution < -0.4 is 0 Å². The first-order valence-corrected chi connectivity index (χ1v) is 6.71. The first-order valence-electron chi connectivity index (χ1n) is 6.71. The van der Waals surface area contributed by atoms with Crippen molar-refractivity contribution in [2.24, 2.45) is 0 Å². The molecule has 1 rings (SSSR count).